The van der Waals surface area contributed by atoms with Gasteiger partial charge in [0, 0.05) is 0 Å². The highest BCUT2D eigenvalue weighted by atomic mass is 35.5. The summed E-state index contributed by atoms with van der Waals surface area (Å²) in [6.07, 6.45) is 3.68. The molecule has 0 saturated heterocycles. The maximum absolute atomic E-state index is 13.6. The Labute approximate surface area is 182 Å². The van der Waals surface area contributed by atoms with E-state index in [1.807, 2.05) is 37.3 Å². The lowest BCUT2D eigenvalue weighted by Crippen LogP contribution is -2.28. The quantitative estimate of drug-likeness (QED) is 0.431. The first kappa shape index (κ1) is 19.2. The molecule has 3 aromatic heterocycles. The Hall–Kier alpha value is -3.78. The van der Waals surface area contributed by atoms with Gasteiger partial charge in [-0.1, -0.05) is 42.8 Å². The molecule has 5 aromatic rings. The molecule has 154 valence electrons. The van der Waals surface area contributed by atoms with Gasteiger partial charge >= 0.3 is 0 Å². The van der Waals surface area contributed by atoms with Gasteiger partial charge in [0.15, 0.2) is 11.5 Å². The summed E-state index contributed by atoms with van der Waals surface area (Å²) in [6, 6.07) is 14.4. The molecule has 1 atom stereocenters. The van der Waals surface area contributed by atoms with Gasteiger partial charge < -0.3 is 10.3 Å². The topological polar surface area (TPSA) is 101 Å². The molecule has 2 aromatic carbocycles. The summed E-state index contributed by atoms with van der Waals surface area (Å²) in [5, 5.41) is 4.18. The van der Waals surface area contributed by atoms with Crippen LogP contribution in [0.3, 0.4) is 0 Å². The van der Waals surface area contributed by atoms with Gasteiger partial charge in [-0.25, -0.2) is 19.9 Å². The van der Waals surface area contributed by atoms with Crippen LogP contribution >= 0.6 is 11.6 Å². The number of benzene rings is 2. The Morgan fingerprint density at radius 2 is 1.94 bits per heavy atom. The average molecular weight is 432 g/mol. The van der Waals surface area contributed by atoms with Crippen LogP contribution in [-0.2, 0) is 0 Å². The fraction of sp³-hybridized carbons (Fsp3) is 0.136. The number of rotatable bonds is 5. The molecule has 0 saturated carbocycles. The number of aromatic amines is 1. The maximum Gasteiger partial charge on any atom is 0.267 e. The zero-order valence-corrected chi connectivity index (χ0v) is 17.3. The minimum atomic E-state index is -0.308. The third kappa shape index (κ3) is 3.30. The molecule has 0 bridgehead atoms. The van der Waals surface area contributed by atoms with Crippen molar-refractivity contribution in [3.63, 3.8) is 0 Å². The number of fused-ring (bicyclic) bond motifs is 2. The minimum Gasteiger partial charge on any atom is -0.358 e. The predicted molar refractivity (Wildman–Crippen MR) is 121 cm³/mol. The van der Waals surface area contributed by atoms with Crippen LogP contribution in [0.25, 0.3) is 27.8 Å². The molecule has 0 spiro atoms. The summed E-state index contributed by atoms with van der Waals surface area (Å²) in [7, 11) is 0. The van der Waals surface area contributed by atoms with Gasteiger partial charge in [-0.05, 0) is 30.7 Å². The van der Waals surface area contributed by atoms with Crippen molar-refractivity contribution in [1.29, 1.82) is 0 Å². The summed E-state index contributed by atoms with van der Waals surface area (Å²) in [6.45, 7) is 2.02. The molecular weight excluding hydrogens is 414 g/mol. The highest BCUT2D eigenvalue weighted by Crippen LogP contribution is 2.27. The number of nitrogens with one attached hydrogen (secondary N) is 2. The summed E-state index contributed by atoms with van der Waals surface area (Å²) < 4.78 is 1.61. The van der Waals surface area contributed by atoms with Crippen LogP contribution in [-0.4, -0.2) is 29.5 Å². The standard InChI is InChI=1S/C22H18ClN7O/c1-2-15(28-20-18-19(25-11-24-18)26-12-27-20)21-29-16-10-6-9-14(23)17(16)22(31)30(21)13-7-4-3-5-8-13/h3-12,15H,2H2,1H3,(H2,24,25,26,27,28)/t15-/m1/s1. The average Bonchev–Trinajstić information content (AvgIpc) is 3.27. The molecule has 0 aliphatic heterocycles. The van der Waals surface area contributed by atoms with E-state index in [2.05, 4.69) is 25.3 Å². The molecule has 0 unspecified atom stereocenters. The van der Waals surface area contributed by atoms with Crippen molar-refractivity contribution in [3.05, 3.63) is 82.4 Å². The van der Waals surface area contributed by atoms with Crippen molar-refractivity contribution in [2.75, 3.05) is 5.32 Å². The molecule has 0 aliphatic carbocycles. The van der Waals surface area contributed by atoms with Gasteiger partial charge in [-0.15, -0.1) is 0 Å². The van der Waals surface area contributed by atoms with Crippen molar-refractivity contribution in [2.24, 2.45) is 0 Å². The third-order valence-electron chi connectivity index (χ3n) is 5.14. The molecule has 0 radical (unpaired) electrons. The monoisotopic (exact) mass is 431 g/mol. The molecule has 0 aliphatic rings. The summed E-state index contributed by atoms with van der Waals surface area (Å²) >= 11 is 6.37. The van der Waals surface area contributed by atoms with Crippen LogP contribution in [0.15, 0.2) is 66.0 Å². The van der Waals surface area contributed by atoms with E-state index >= 15 is 0 Å². The first-order valence-corrected chi connectivity index (χ1v) is 10.2. The number of hydrogen-bond acceptors (Lipinski definition) is 6. The van der Waals surface area contributed by atoms with Crippen molar-refractivity contribution >= 4 is 39.5 Å². The lowest BCUT2D eigenvalue weighted by molar-refractivity contribution is 0.659. The summed E-state index contributed by atoms with van der Waals surface area (Å²) in [5.41, 5.74) is 2.30. The second-order valence-electron chi connectivity index (χ2n) is 7.01. The lowest BCUT2D eigenvalue weighted by Gasteiger charge is -2.22. The van der Waals surface area contributed by atoms with Gasteiger partial charge in [0.1, 0.15) is 17.7 Å². The smallest absolute Gasteiger partial charge is 0.267 e. The van der Waals surface area contributed by atoms with E-state index < -0.39 is 0 Å². The number of H-pyrrole nitrogens is 1. The number of para-hydroxylation sites is 1. The molecule has 2 N–H and O–H groups in total. The number of nitrogens with zero attached hydrogens (tertiary/aromatic N) is 5. The zero-order chi connectivity index (χ0) is 21.4. The minimum absolute atomic E-state index is 0.216. The van der Waals surface area contributed by atoms with E-state index in [-0.39, 0.29) is 11.6 Å². The molecular formula is C22H18ClN7O. The Morgan fingerprint density at radius 3 is 2.74 bits per heavy atom. The van der Waals surface area contributed by atoms with Crippen molar-refractivity contribution in [1.82, 2.24) is 29.5 Å². The van der Waals surface area contributed by atoms with E-state index in [0.717, 1.165) is 0 Å². The third-order valence-corrected chi connectivity index (χ3v) is 5.46. The van der Waals surface area contributed by atoms with Crippen molar-refractivity contribution < 1.29 is 0 Å². The van der Waals surface area contributed by atoms with Crippen molar-refractivity contribution in [2.45, 2.75) is 19.4 Å². The van der Waals surface area contributed by atoms with E-state index in [1.165, 1.54) is 6.33 Å². The van der Waals surface area contributed by atoms with Gasteiger partial charge in [0.2, 0.25) is 0 Å². The van der Waals surface area contributed by atoms with Gasteiger partial charge in [0.25, 0.3) is 5.56 Å². The van der Waals surface area contributed by atoms with E-state index in [0.29, 0.717) is 50.8 Å². The van der Waals surface area contributed by atoms with Gasteiger partial charge in [-0.3, -0.25) is 9.36 Å². The maximum atomic E-state index is 13.6. The Kier molecular flexibility index (Phi) is 4.83. The number of anilines is 1. The SMILES string of the molecule is CC[C@@H](Nc1ncnc2nc[nH]c12)c1nc2cccc(Cl)c2c(=O)n1-c1ccccc1. The largest absolute Gasteiger partial charge is 0.358 e. The second-order valence-corrected chi connectivity index (χ2v) is 7.42. The number of aromatic nitrogens is 6. The predicted octanol–water partition coefficient (Wildman–Crippen LogP) is 4.27. The summed E-state index contributed by atoms with van der Waals surface area (Å²) in [4.78, 5) is 34.2. The van der Waals surface area contributed by atoms with Crippen LogP contribution in [0.1, 0.15) is 25.2 Å². The molecule has 9 heteroatoms. The molecule has 0 fully saturated rings. The fourth-order valence-corrected chi connectivity index (χ4v) is 3.91. The number of imidazole rings is 1. The molecule has 3 heterocycles. The normalized spacial score (nSPS) is 12.3. The first-order chi connectivity index (χ1) is 15.2. The van der Waals surface area contributed by atoms with Gasteiger partial charge in [0.05, 0.1) is 34.0 Å². The highest BCUT2D eigenvalue weighted by Gasteiger charge is 2.22. The zero-order valence-electron chi connectivity index (χ0n) is 16.6. The van der Waals surface area contributed by atoms with Crippen LogP contribution in [0.4, 0.5) is 5.82 Å². The molecule has 5 rings (SSSR count). The summed E-state index contributed by atoms with van der Waals surface area (Å²) in [5.74, 6) is 1.16. The van der Waals surface area contributed by atoms with Crippen molar-refractivity contribution in [3.8, 4) is 5.69 Å². The van der Waals surface area contributed by atoms with Crippen LogP contribution in [0, 0.1) is 0 Å². The second kappa shape index (κ2) is 7.81. The van der Waals surface area contributed by atoms with E-state index in [9.17, 15) is 4.79 Å². The Balaban J connectivity index is 1.74. The number of halogens is 1. The Morgan fingerprint density at radius 1 is 1.10 bits per heavy atom. The molecule has 31 heavy (non-hydrogen) atoms. The van der Waals surface area contributed by atoms with Crippen LogP contribution < -0.4 is 10.9 Å². The fourth-order valence-electron chi connectivity index (χ4n) is 3.66. The van der Waals surface area contributed by atoms with Gasteiger partial charge in [-0.2, -0.15) is 0 Å². The van der Waals surface area contributed by atoms with Crippen LogP contribution in [0.5, 0.6) is 0 Å². The lowest BCUT2D eigenvalue weighted by atomic mass is 10.1. The van der Waals surface area contributed by atoms with Crippen LogP contribution in [0.2, 0.25) is 5.02 Å². The molecule has 8 nitrogen and oxygen atoms in total. The van der Waals surface area contributed by atoms with E-state index in [1.54, 1.807) is 29.1 Å². The number of hydrogen-bond donors (Lipinski definition) is 2. The van der Waals surface area contributed by atoms with E-state index in [4.69, 9.17) is 16.6 Å². The molecule has 0 amide bonds. The highest BCUT2D eigenvalue weighted by molar-refractivity contribution is 6.35. The Bertz CT molecular complexity index is 1450. The first-order valence-electron chi connectivity index (χ1n) is 9.84.